The second-order valence-electron chi connectivity index (χ2n) is 5.77. The van der Waals surface area contributed by atoms with Crippen LogP contribution in [0.25, 0.3) is 21.5 Å². The van der Waals surface area contributed by atoms with Crippen LogP contribution in [0.5, 0.6) is 0 Å². The number of primary amides is 1. The number of nitrogens with zero attached hydrogens (tertiary/aromatic N) is 2. The number of rotatable bonds is 5. The lowest BCUT2D eigenvalue weighted by atomic mass is 10.1. The van der Waals surface area contributed by atoms with Crippen molar-refractivity contribution in [1.29, 1.82) is 0 Å². The molecule has 0 atom stereocenters. The van der Waals surface area contributed by atoms with Crippen molar-refractivity contribution < 1.29 is 22.8 Å². The number of halogens is 3. The number of amides is 2. The summed E-state index contributed by atoms with van der Waals surface area (Å²) >= 11 is 2.74. The number of hydrogen-bond acceptors (Lipinski definition) is 6. The molecule has 0 aliphatic carbocycles. The molecule has 29 heavy (non-hydrogen) atoms. The van der Waals surface area contributed by atoms with E-state index >= 15 is 0 Å². The number of hydrogen-bond donors (Lipinski definition) is 3. The van der Waals surface area contributed by atoms with Crippen molar-refractivity contribution in [3.8, 4) is 11.3 Å². The van der Waals surface area contributed by atoms with Gasteiger partial charge in [-0.1, -0.05) is 0 Å². The molecule has 0 saturated carbocycles. The summed E-state index contributed by atoms with van der Waals surface area (Å²) in [4.78, 5) is 28.7. The molecule has 4 heterocycles. The molecular formula is C17H10F2IN5O3S. The average Bonchev–Trinajstić information content (AvgIpc) is 3.40. The molecule has 0 aliphatic rings. The number of nitrogens with one attached hydrogen (secondary N) is 2. The highest BCUT2D eigenvalue weighted by molar-refractivity contribution is 14.1. The van der Waals surface area contributed by atoms with Crippen LogP contribution in [0.4, 0.5) is 14.5 Å². The first-order valence-electron chi connectivity index (χ1n) is 7.96. The summed E-state index contributed by atoms with van der Waals surface area (Å²) in [7, 11) is 0. The van der Waals surface area contributed by atoms with Crippen LogP contribution in [0, 0.1) is 3.57 Å². The van der Waals surface area contributed by atoms with Gasteiger partial charge >= 0.3 is 0 Å². The van der Waals surface area contributed by atoms with E-state index in [9.17, 15) is 18.4 Å². The molecule has 2 amide bonds. The number of pyridine rings is 1. The minimum Gasteiger partial charge on any atom is -0.464 e. The van der Waals surface area contributed by atoms with Gasteiger partial charge in [0.15, 0.2) is 0 Å². The second-order valence-corrected chi connectivity index (χ2v) is 7.93. The van der Waals surface area contributed by atoms with E-state index in [4.69, 9.17) is 10.2 Å². The van der Waals surface area contributed by atoms with Crippen molar-refractivity contribution in [2.75, 3.05) is 5.32 Å². The predicted octanol–water partition coefficient (Wildman–Crippen LogP) is 4.17. The Bertz CT molecular complexity index is 1240. The molecule has 4 aromatic heterocycles. The number of H-pyrrole nitrogens is 1. The van der Waals surface area contributed by atoms with E-state index in [-0.39, 0.29) is 37.8 Å². The predicted molar refractivity (Wildman–Crippen MR) is 110 cm³/mol. The summed E-state index contributed by atoms with van der Waals surface area (Å²) in [6.07, 6.45) is 0.00816. The maximum atomic E-state index is 13.4. The fourth-order valence-corrected chi connectivity index (χ4v) is 4.27. The summed E-state index contributed by atoms with van der Waals surface area (Å²) in [6.45, 7) is 0. The molecule has 0 saturated heterocycles. The van der Waals surface area contributed by atoms with Crippen LogP contribution in [-0.4, -0.2) is 27.0 Å². The quantitative estimate of drug-likeness (QED) is 0.335. The third-order valence-electron chi connectivity index (χ3n) is 3.97. The van der Waals surface area contributed by atoms with Gasteiger partial charge < -0.3 is 15.5 Å². The van der Waals surface area contributed by atoms with Gasteiger partial charge in [-0.25, -0.2) is 13.8 Å². The van der Waals surface area contributed by atoms with Crippen molar-refractivity contribution in [1.82, 2.24) is 15.2 Å². The lowest BCUT2D eigenvalue weighted by Crippen LogP contribution is -2.17. The minimum atomic E-state index is -2.84. The summed E-state index contributed by atoms with van der Waals surface area (Å²) in [5.74, 6) is -1.12. The third-order valence-corrected chi connectivity index (χ3v) is 5.89. The Kier molecular flexibility index (Phi) is 5.04. The number of alkyl halides is 2. The molecule has 4 N–H and O–H groups in total. The Labute approximate surface area is 178 Å². The van der Waals surface area contributed by atoms with Gasteiger partial charge in [-0.05, 0) is 40.8 Å². The number of thiophene rings is 1. The number of anilines is 1. The van der Waals surface area contributed by atoms with Crippen LogP contribution in [0.1, 0.15) is 32.3 Å². The topological polar surface area (TPSA) is 127 Å². The van der Waals surface area contributed by atoms with E-state index in [2.05, 4.69) is 20.5 Å². The highest BCUT2D eigenvalue weighted by Crippen LogP contribution is 2.42. The smallest absolute Gasteiger partial charge is 0.280 e. The fourth-order valence-electron chi connectivity index (χ4n) is 2.75. The molecule has 0 unspecified atom stereocenters. The molecule has 0 bridgehead atoms. The van der Waals surface area contributed by atoms with E-state index in [0.29, 0.717) is 3.57 Å². The zero-order valence-corrected chi connectivity index (χ0v) is 17.2. The Hall–Kier alpha value is -2.87. The van der Waals surface area contributed by atoms with Gasteiger partial charge in [0.05, 0.1) is 21.7 Å². The summed E-state index contributed by atoms with van der Waals surface area (Å²) < 4.78 is 32.7. The first-order valence-corrected chi connectivity index (χ1v) is 9.85. The zero-order chi connectivity index (χ0) is 20.7. The highest BCUT2D eigenvalue weighted by atomic mass is 127. The minimum absolute atomic E-state index is 0.0189. The molecule has 0 spiro atoms. The third kappa shape index (κ3) is 3.48. The molecule has 0 aliphatic heterocycles. The van der Waals surface area contributed by atoms with Gasteiger partial charge in [-0.3, -0.25) is 14.7 Å². The lowest BCUT2D eigenvalue weighted by molar-refractivity contribution is 0.100. The maximum Gasteiger partial charge on any atom is 0.280 e. The Morgan fingerprint density at radius 2 is 2.17 bits per heavy atom. The number of carbonyl (C=O) groups excluding carboxylic acids is 2. The van der Waals surface area contributed by atoms with Crippen LogP contribution in [0.2, 0.25) is 0 Å². The molecule has 12 heteroatoms. The summed E-state index contributed by atoms with van der Waals surface area (Å²) in [5.41, 5.74) is 5.50. The van der Waals surface area contributed by atoms with Gasteiger partial charge in [-0.15, -0.1) is 11.3 Å². The molecule has 0 radical (unpaired) electrons. The SMILES string of the molecule is NC(=O)c1sc2nc(C(F)F)cc(-c3ccco3)c2c1NC(=O)c1[nH]ncc1I. The van der Waals surface area contributed by atoms with Crippen LogP contribution in [0.3, 0.4) is 0 Å². The molecule has 4 aromatic rings. The van der Waals surface area contributed by atoms with Gasteiger partial charge in [0.1, 0.15) is 26.9 Å². The standard InChI is InChI=1S/C17H10F2IN5O3S/c18-14(19)8-4-6(9-2-1-3-28-9)10-12(13(15(21)26)29-17(10)23-8)24-16(27)11-7(20)5-22-25-11/h1-5,14H,(H2,21,26)(H,22,25)(H,24,27). The molecular weight excluding hydrogens is 519 g/mol. The van der Waals surface area contributed by atoms with Crippen LogP contribution < -0.4 is 11.1 Å². The normalized spacial score (nSPS) is 11.3. The molecule has 148 valence electrons. The molecule has 0 aromatic carbocycles. The van der Waals surface area contributed by atoms with Crippen LogP contribution in [0.15, 0.2) is 35.1 Å². The maximum absolute atomic E-state index is 13.4. The largest absolute Gasteiger partial charge is 0.464 e. The van der Waals surface area contributed by atoms with Crippen LogP contribution >= 0.6 is 33.9 Å². The van der Waals surface area contributed by atoms with Gasteiger partial charge in [0.2, 0.25) is 0 Å². The van der Waals surface area contributed by atoms with E-state index in [1.807, 2.05) is 22.6 Å². The van der Waals surface area contributed by atoms with Crippen LogP contribution in [-0.2, 0) is 0 Å². The highest BCUT2D eigenvalue weighted by Gasteiger charge is 2.26. The fraction of sp³-hybridized carbons (Fsp3) is 0.0588. The van der Waals surface area contributed by atoms with E-state index in [1.54, 1.807) is 12.1 Å². The first kappa shape index (κ1) is 19.4. The summed E-state index contributed by atoms with van der Waals surface area (Å²) in [5, 5.41) is 9.27. The number of furan rings is 1. The Balaban J connectivity index is 1.97. The van der Waals surface area contributed by atoms with E-state index in [0.717, 1.165) is 11.3 Å². The molecule has 4 rings (SSSR count). The average molecular weight is 529 g/mol. The number of fused-ring (bicyclic) bond motifs is 1. The Morgan fingerprint density at radius 3 is 2.76 bits per heavy atom. The lowest BCUT2D eigenvalue weighted by Gasteiger charge is -2.09. The molecule has 8 nitrogen and oxygen atoms in total. The Morgan fingerprint density at radius 1 is 1.38 bits per heavy atom. The van der Waals surface area contributed by atoms with Crippen molar-refractivity contribution in [2.45, 2.75) is 6.43 Å². The van der Waals surface area contributed by atoms with Crippen molar-refractivity contribution in [3.63, 3.8) is 0 Å². The van der Waals surface area contributed by atoms with Gasteiger partial charge in [-0.2, -0.15) is 5.10 Å². The number of carbonyl (C=O) groups is 2. The van der Waals surface area contributed by atoms with Crippen molar-refractivity contribution >= 4 is 61.6 Å². The second kappa shape index (κ2) is 7.51. The van der Waals surface area contributed by atoms with E-state index < -0.39 is 23.9 Å². The van der Waals surface area contributed by atoms with Gasteiger partial charge in [0, 0.05) is 10.9 Å². The van der Waals surface area contributed by atoms with Crippen molar-refractivity contribution in [2.24, 2.45) is 5.73 Å². The molecule has 0 fully saturated rings. The van der Waals surface area contributed by atoms with Gasteiger partial charge in [0.25, 0.3) is 18.2 Å². The summed E-state index contributed by atoms with van der Waals surface area (Å²) in [6, 6.07) is 4.34. The number of aromatic amines is 1. The zero-order valence-electron chi connectivity index (χ0n) is 14.2. The number of nitrogens with two attached hydrogens (primary N) is 1. The first-order chi connectivity index (χ1) is 13.9. The monoisotopic (exact) mass is 529 g/mol. The van der Waals surface area contributed by atoms with Crippen molar-refractivity contribution in [3.05, 3.63) is 50.5 Å². The van der Waals surface area contributed by atoms with E-state index in [1.165, 1.54) is 18.5 Å². The number of aromatic nitrogens is 3.